The molecule has 0 aliphatic heterocycles. The smallest absolute Gasteiger partial charge is 0.303 e. The summed E-state index contributed by atoms with van der Waals surface area (Å²) in [5.41, 5.74) is 4.53. The number of rotatable bonds is 9. The fourth-order valence-corrected chi connectivity index (χ4v) is 2.78. The zero-order valence-corrected chi connectivity index (χ0v) is 14.1. The Morgan fingerprint density at radius 1 is 1.26 bits per heavy atom. The van der Waals surface area contributed by atoms with Crippen molar-refractivity contribution in [2.24, 2.45) is 0 Å². The summed E-state index contributed by atoms with van der Waals surface area (Å²) < 4.78 is 2.02. The second-order valence-corrected chi connectivity index (χ2v) is 6.10. The van der Waals surface area contributed by atoms with Crippen molar-refractivity contribution in [1.29, 1.82) is 0 Å². The maximum absolute atomic E-state index is 10.7. The van der Waals surface area contributed by atoms with Gasteiger partial charge in [-0.1, -0.05) is 44.4 Å². The van der Waals surface area contributed by atoms with Crippen molar-refractivity contribution in [2.45, 2.75) is 58.9 Å². The Morgan fingerprint density at radius 2 is 2.09 bits per heavy atom. The van der Waals surface area contributed by atoms with E-state index >= 15 is 0 Å². The SMILES string of the molecule is CCCCCCn1cc(-c2ccc(CCC(=O)O)cc2C)cn1. The first-order valence-corrected chi connectivity index (χ1v) is 8.44. The fraction of sp³-hybridized carbons (Fsp3) is 0.474. The molecule has 1 heterocycles. The average Bonchev–Trinajstić information content (AvgIpc) is 2.98. The second kappa shape index (κ2) is 8.51. The number of aromatic nitrogens is 2. The summed E-state index contributed by atoms with van der Waals surface area (Å²) >= 11 is 0. The van der Waals surface area contributed by atoms with Crippen molar-refractivity contribution in [3.05, 3.63) is 41.7 Å². The molecule has 1 aromatic carbocycles. The minimum atomic E-state index is -0.754. The lowest BCUT2D eigenvalue weighted by Crippen LogP contribution is -1.98. The van der Waals surface area contributed by atoms with Crippen molar-refractivity contribution in [3.63, 3.8) is 0 Å². The molecule has 1 N–H and O–H groups in total. The highest BCUT2D eigenvalue weighted by Crippen LogP contribution is 2.24. The number of aliphatic carboxylic acids is 1. The summed E-state index contributed by atoms with van der Waals surface area (Å²) in [4.78, 5) is 10.7. The minimum absolute atomic E-state index is 0.175. The third kappa shape index (κ3) is 5.23. The van der Waals surface area contributed by atoms with Crippen molar-refractivity contribution in [2.75, 3.05) is 0 Å². The maximum atomic E-state index is 10.7. The largest absolute Gasteiger partial charge is 0.481 e. The summed E-state index contributed by atoms with van der Waals surface area (Å²) in [6.45, 7) is 5.25. The fourth-order valence-electron chi connectivity index (χ4n) is 2.78. The number of nitrogens with zero attached hydrogens (tertiary/aromatic N) is 2. The number of benzene rings is 1. The lowest BCUT2D eigenvalue weighted by atomic mass is 9.99. The van der Waals surface area contributed by atoms with Gasteiger partial charge in [-0.3, -0.25) is 9.48 Å². The molecule has 0 saturated heterocycles. The van der Waals surface area contributed by atoms with Crippen LogP contribution in [0.4, 0.5) is 0 Å². The van der Waals surface area contributed by atoms with Gasteiger partial charge in [0.2, 0.25) is 0 Å². The van der Waals surface area contributed by atoms with Gasteiger partial charge in [-0.25, -0.2) is 0 Å². The van der Waals surface area contributed by atoms with Crippen LogP contribution in [0.2, 0.25) is 0 Å². The van der Waals surface area contributed by atoms with Gasteiger partial charge in [0.15, 0.2) is 0 Å². The van der Waals surface area contributed by atoms with Crippen LogP contribution in [-0.4, -0.2) is 20.9 Å². The van der Waals surface area contributed by atoms with Crippen molar-refractivity contribution >= 4 is 5.97 Å². The van der Waals surface area contributed by atoms with Gasteiger partial charge in [0.25, 0.3) is 0 Å². The predicted molar refractivity (Wildman–Crippen MR) is 92.5 cm³/mol. The molecular weight excluding hydrogens is 288 g/mol. The first-order valence-electron chi connectivity index (χ1n) is 8.44. The number of unbranched alkanes of at least 4 members (excludes halogenated alkanes) is 3. The van der Waals surface area contributed by atoms with Gasteiger partial charge >= 0.3 is 5.97 Å². The molecule has 0 saturated carbocycles. The highest BCUT2D eigenvalue weighted by molar-refractivity contribution is 5.68. The highest BCUT2D eigenvalue weighted by atomic mass is 16.4. The van der Waals surface area contributed by atoms with Crippen LogP contribution in [-0.2, 0) is 17.8 Å². The van der Waals surface area contributed by atoms with E-state index in [0.717, 1.165) is 17.7 Å². The molecule has 1 aromatic heterocycles. The monoisotopic (exact) mass is 314 g/mol. The Kier molecular flexibility index (Phi) is 6.39. The Labute approximate surface area is 138 Å². The topological polar surface area (TPSA) is 55.1 Å². The van der Waals surface area contributed by atoms with Gasteiger partial charge in [-0.15, -0.1) is 0 Å². The molecule has 0 aliphatic rings. The van der Waals surface area contributed by atoms with Crippen LogP contribution in [0.1, 0.15) is 50.2 Å². The van der Waals surface area contributed by atoms with E-state index in [0.29, 0.717) is 6.42 Å². The molecule has 0 spiro atoms. The highest BCUT2D eigenvalue weighted by Gasteiger charge is 2.07. The van der Waals surface area contributed by atoms with E-state index in [1.165, 1.54) is 36.8 Å². The Balaban J connectivity index is 2.01. The first-order chi connectivity index (χ1) is 11.1. The molecule has 0 bridgehead atoms. The van der Waals surface area contributed by atoms with Gasteiger partial charge < -0.3 is 5.11 Å². The second-order valence-electron chi connectivity index (χ2n) is 6.10. The van der Waals surface area contributed by atoms with E-state index in [1.54, 1.807) is 0 Å². The molecule has 2 aromatic rings. The van der Waals surface area contributed by atoms with E-state index in [4.69, 9.17) is 5.11 Å². The quantitative estimate of drug-likeness (QED) is 0.695. The number of carbonyl (C=O) groups is 1. The maximum Gasteiger partial charge on any atom is 0.303 e. The van der Waals surface area contributed by atoms with Crippen molar-refractivity contribution in [3.8, 4) is 11.1 Å². The summed E-state index contributed by atoms with van der Waals surface area (Å²) in [6, 6.07) is 6.17. The summed E-state index contributed by atoms with van der Waals surface area (Å²) in [5.74, 6) is -0.754. The molecular formula is C19H26N2O2. The van der Waals surface area contributed by atoms with Crippen LogP contribution in [0.3, 0.4) is 0 Å². The van der Waals surface area contributed by atoms with Gasteiger partial charge in [0.1, 0.15) is 0 Å². The molecule has 0 unspecified atom stereocenters. The van der Waals surface area contributed by atoms with E-state index < -0.39 is 5.97 Å². The van der Waals surface area contributed by atoms with Crippen molar-refractivity contribution in [1.82, 2.24) is 9.78 Å². The lowest BCUT2D eigenvalue weighted by Gasteiger charge is -2.06. The Morgan fingerprint density at radius 3 is 2.78 bits per heavy atom. The van der Waals surface area contributed by atoms with Crippen LogP contribution in [0, 0.1) is 6.92 Å². The molecule has 0 fully saturated rings. The summed E-state index contributed by atoms with van der Waals surface area (Å²) in [5, 5.41) is 13.2. The number of hydrogen-bond acceptors (Lipinski definition) is 2. The van der Waals surface area contributed by atoms with Crippen LogP contribution in [0.5, 0.6) is 0 Å². The van der Waals surface area contributed by atoms with Gasteiger partial charge in [0.05, 0.1) is 6.20 Å². The standard InChI is InChI=1S/C19H26N2O2/c1-3-4-5-6-11-21-14-17(13-20-21)18-9-7-16(12-15(18)2)8-10-19(22)23/h7,9,12-14H,3-6,8,10-11H2,1-2H3,(H,22,23). The molecule has 0 amide bonds. The molecule has 4 nitrogen and oxygen atoms in total. The normalized spacial score (nSPS) is 10.9. The van der Waals surface area contributed by atoms with E-state index in [-0.39, 0.29) is 6.42 Å². The molecule has 23 heavy (non-hydrogen) atoms. The number of carboxylic acids is 1. The van der Waals surface area contributed by atoms with Crippen LogP contribution < -0.4 is 0 Å². The van der Waals surface area contributed by atoms with Crippen molar-refractivity contribution < 1.29 is 9.90 Å². The molecule has 0 radical (unpaired) electrons. The molecule has 4 heteroatoms. The van der Waals surface area contributed by atoms with Gasteiger partial charge in [-0.2, -0.15) is 5.10 Å². The molecule has 124 valence electrons. The van der Waals surface area contributed by atoms with E-state index in [9.17, 15) is 4.79 Å². The lowest BCUT2D eigenvalue weighted by molar-refractivity contribution is -0.136. The summed E-state index contributed by atoms with van der Waals surface area (Å²) in [6.07, 6.45) is 9.72. The Bertz CT molecular complexity index is 647. The van der Waals surface area contributed by atoms with Gasteiger partial charge in [-0.05, 0) is 36.5 Å². The Hall–Kier alpha value is -2.10. The number of carboxylic acid groups (broad SMARTS) is 1. The number of hydrogen-bond donors (Lipinski definition) is 1. The van der Waals surface area contributed by atoms with E-state index in [1.807, 2.05) is 16.9 Å². The zero-order valence-electron chi connectivity index (χ0n) is 14.1. The molecule has 2 rings (SSSR count). The van der Waals surface area contributed by atoms with Gasteiger partial charge in [0, 0.05) is 24.7 Å². The zero-order chi connectivity index (χ0) is 16.7. The average molecular weight is 314 g/mol. The van der Waals surface area contributed by atoms with Crippen LogP contribution in [0.25, 0.3) is 11.1 Å². The van der Waals surface area contributed by atoms with E-state index in [2.05, 4.69) is 37.3 Å². The van der Waals surface area contributed by atoms with Crippen LogP contribution >= 0.6 is 0 Å². The van der Waals surface area contributed by atoms with Crippen LogP contribution in [0.15, 0.2) is 30.6 Å². The molecule has 0 aliphatic carbocycles. The first kappa shape index (κ1) is 17.3. The summed E-state index contributed by atoms with van der Waals surface area (Å²) in [7, 11) is 0. The third-order valence-electron chi connectivity index (χ3n) is 4.10. The third-order valence-corrected chi connectivity index (χ3v) is 4.10. The number of aryl methyl sites for hydroxylation is 3. The predicted octanol–water partition coefficient (Wildman–Crippen LogP) is 4.46. The minimum Gasteiger partial charge on any atom is -0.481 e. The molecule has 0 atom stereocenters.